The number of carbonyl (C=O) groups is 1. The molecule has 0 radical (unpaired) electrons. The normalized spacial score (nSPS) is 15.1. The second-order valence-corrected chi connectivity index (χ2v) is 5.57. The Morgan fingerprint density at radius 3 is 2.78 bits per heavy atom. The molecule has 1 aliphatic heterocycles. The Morgan fingerprint density at radius 2 is 2.11 bits per heavy atom. The molecule has 98 valence electrons. The zero-order valence-electron chi connectivity index (χ0n) is 11.2. The zero-order valence-corrected chi connectivity index (χ0v) is 11.2. The van der Waals surface area contributed by atoms with Gasteiger partial charge in [-0.3, -0.25) is 4.79 Å². The van der Waals surface area contributed by atoms with E-state index in [0.717, 1.165) is 11.3 Å². The molecule has 0 spiro atoms. The van der Waals surface area contributed by atoms with E-state index in [1.807, 2.05) is 39.0 Å². The first kappa shape index (κ1) is 12.9. The SMILES string of the molecule is CC(C)(C)OCCN1C(=O)Cc2cc(N)ccc21. The third kappa shape index (κ3) is 2.82. The summed E-state index contributed by atoms with van der Waals surface area (Å²) in [7, 11) is 0. The van der Waals surface area contributed by atoms with Gasteiger partial charge < -0.3 is 15.4 Å². The molecule has 0 aliphatic carbocycles. The van der Waals surface area contributed by atoms with Crippen LogP contribution in [0.5, 0.6) is 0 Å². The summed E-state index contributed by atoms with van der Waals surface area (Å²) in [6.45, 7) is 7.15. The monoisotopic (exact) mass is 248 g/mol. The van der Waals surface area contributed by atoms with Crippen molar-refractivity contribution in [3.05, 3.63) is 23.8 Å². The van der Waals surface area contributed by atoms with Crippen LogP contribution >= 0.6 is 0 Å². The van der Waals surface area contributed by atoms with Gasteiger partial charge in [-0.2, -0.15) is 0 Å². The third-order valence-corrected chi connectivity index (χ3v) is 2.89. The molecule has 18 heavy (non-hydrogen) atoms. The van der Waals surface area contributed by atoms with Crippen LogP contribution in [0.25, 0.3) is 0 Å². The third-order valence-electron chi connectivity index (χ3n) is 2.89. The van der Waals surface area contributed by atoms with Crippen molar-refractivity contribution in [2.75, 3.05) is 23.8 Å². The molecule has 4 heteroatoms. The molecule has 0 aromatic heterocycles. The Morgan fingerprint density at radius 1 is 1.39 bits per heavy atom. The topological polar surface area (TPSA) is 55.6 Å². The number of hydrogen-bond acceptors (Lipinski definition) is 3. The number of anilines is 2. The maximum atomic E-state index is 11.9. The highest BCUT2D eigenvalue weighted by molar-refractivity contribution is 6.01. The van der Waals surface area contributed by atoms with E-state index in [1.165, 1.54) is 0 Å². The van der Waals surface area contributed by atoms with Crippen molar-refractivity contribution >= 4 is 17.3 Å². The minimum absolute atomic E-state index is 0.119. The van der Waals surface area contributed by atoms with Crippen LogP contribution < -0.4 is 10.6 Å². The number of hydrogen-bond donors (Lipinski definition) is 1. The summed E-state index contributed by atoms with van der Waals surface area (Å²) in [6.07, 6.45) is 0.440. The van der Waals surface area contributed by atoms with Crippen molar-refractivity contribution in [1.82, 2.24) is 0 Å². The van der Waals surface area contributed by atoms with Crippen molar-refractivity contribution < 1.29 is 9.53 Å². The highest BCUT2D eigenvalue weighted by atomic mass is 16.5. The molecule has 1 aromatic carbocycles. The predicted molar refractivity (Wildman–Crippen MR) is 72.6 cm³/mol. The molecule has 2 N–H and O–H groups in total. The molecule has 0 saturated carbocycles. The fourth-order valence-corrected chi connectivity index (χ4v) is 2.09. The summed E-state index contributed by atoms with van der Waals surface area (Å²) in [5, 5.41) is 0. The highest BCUT2D eigenvalue weighted by Gasteiger charge is 2.27. The summed E-state index contributed by atoms with van der Waals surface area (Å²) in [4.78, 5) is 13.7. The van der Waals surface area contributed by atoms with E-state index in [4.69, 9.17) is 10.5 Å². The van der Waals surface area contributed by atoms with E-state index in [2.05, 4.69) is 0 Å². The highest BCUT2D eigenvalue weighted by Crippen LogP contribution is 2.30. The number of fused-ring (bicyclic) bond motifs is 1. The molecule has 0 bridgehead atoms. The molecule has 0 fully saturated rings. The lowest BCUT2D eigenvalue weighted by Gasteiger charge is -2.23. The van der Waals surface area contributed by atoms with Crippen LogP contribution in [0.4, 0.5) is 11.4 Å². The van der Waals surface area contributed by atoms with Gasteiger partial charge in [0.25, 0.3) is 0 Å². The van der Waals surface area contributed by atoms with Crippen LogP contribution in [0.1, 0.15) is 26.3 Å². The quantitative estimate of drug-likeness (QED) is 0.832. The van der Waals surface area contributed by atoms with Crippen molar-refractivity contribution in [2.45, 2.75) is 32.8 Å². The summed E-state index contributed by atoms with van der Waals surface area (Å²) < 4.78 is 5.66. The number of rotatable bonds is 3. The Hall–Kier alpha value is -1.55. The molecule has 1 aliphatic rings. The van der Waals surface area contributed by atoms with Crippen molar-refractivity contribution in [1.29, 1.82) is 0 Å². The molecule has 4 nitrogen and oxygen atoms in total. The Labute approximate surface area is 108 Å². The molecular weight excluding hydrogens is 228 g/mol. The van der Waals surface area contributed by atoms with Gasteiger partial charge in [0.1, 0.15) is 0 Å². The van der Waals surface area contributed by atoms with Crippen LogP contribution in [0.3, 0.4) is 0 Å². The summed E-state index contributed by atoms with van der Waals surface area (Å²) >= 11 is 0. The van der Waals surface area contributed by atoms with Gasteiger partial charge in [-0.05, 0) is 44.5 Å². The molecule has 0 atom stereocenters. The van der Waals surface area contributed by atoms with E-state index in [-0.39, 0.29) is 11.5 Å². The number of nitrogen functional groups attached to an aromatic ring is 1. The molecule has 2 rings (SSSR count). The van der Waals surface area contributed by atoms with E-state index >= 15 is 0 Å². The molecular formula is C14H20N2O2. The van der Waals surface area contributed by atoms with Gasteiger partial charge in [-0.25, -0.2) is 0 Å². The van der Waals surface area contributed by atoms with Crippen LogP contribution in [0, 0.1) is 0 Å². The average Bonchev–Trinajstić information content (AvgIpc) is 2.52. The molecule has 0 unspecified atom stereocenters. The van der Waals surface area contributed by atoms with Crippen molar-refractivity contribution in [2.24, 2.45) is 0 Å². The van der Waals surface area contributed by atoms with Crippen LogP contribution in [-0.4, -0.2) is 24.7 Å². The van der Waals surface area contributed by atoms with Gasteiger partial charge in [0.15, 0.2) is 0 Å². The van der Waals surface area contributed by atoms with Gasteiger partial charge in [0.2, 0.25) is 5.91 Å². The number of ether oxygens (including phenoxy) is 1. The second kappa shape index (κ2) is 4.61. The fraction of sp³-hybridized carbons (Fsp3) is 0.500. The Bertz CT molecular complexity index is 463. The van der Waals surface area contributed by atoms with Crippen LogP contribution in [-0.2, 0) is 16.0 Å². The zero-order chi connectivity index (χ0) is 13.3. The predicted octanol–water partition coefficient (Wildman–Crippen LogP) is 1.97. The first-order valence-electron chi connectivity index (χ1n) is 6.19. The van der Waals surface area contributed by atoms with Crippen molar-refractivity contribution in [3.63, 3.8) is 0 Å². The maximum absolute atomic E-state index is 11.9. The minimum atomic E-state index is -0.174. The first-order chi connectivity index (χ1) is 8.37. The molecule has 1 amide bonds. The number of carbonyl (C=O) groups excluding carboxylic acids is 1. The van der Waals surface area contributed by atoms with Gasteiger partial charge in [-0.15, -0.1) is 0 Å². The first-order valence-corrected chi connectivity index (χ1v) is 6.19. The summed E-state index contributed by atoms with van der Waals surface area (Å²) in [6, 6.07) is 5.61. The molecule has 0 saturated heterocycles. The molecule has 1 aromatic rings. The summed E-state index contributed by atoms with van der Waals surface area (Å²) in [5.74, 6) is 0.119. The van der Waals surface area contributed by atoms with Crippen molar-refractivity contribution in [3.8, 4) is 0 Å². The lowest BCUT2D eigenvalue weighted by Crippen LogP contribution is -2.33. The van der Waals surface area contributed by atoms with E-state index < -0.39 is 0 Å². The largest absolute Gasteiger partial charge is 0.399 e. The maximum Gasteiger partial charge on any atom is 0.231 e. The van der Waals surface area contributed by atoms with Gasteiger partial charge in [0, 0.05) is 17.9 Å². The lowest BCUT2D eigenvalue weighted by atomic mass is 10.1. The number of nitrogens with zero attached hydrogens (tertiary/aromatic N) is 1. The number of benzene rings is 1. The molecule has 1 heterocycles. The smallest absolute Gasteiger partial charge is 0.231 e. The minimum Gasteiger partial charge on any atom is -0.399 e. The second-order valence-electron chi connectivity index (χ2n) is 5.57. The van der Waals surface area contributed by atoms with E-state index in [1.54, 1.807) is 4.90 Å². The summed E-state index contributed by atoms with van der Waals surface area (Å²) in [5.41, 5.74) is 8.23. The van der Waals surface area contributed by atoms with Gasteiger partial charge in [0.05, 0.1) is 18.6 Å². The lowest BCUT2D eigenvalue weighted by molar-refractivity contribution is -0.117. The van der Waals surface area contributed by atoms with Gasteiger partial charge >= 0.3 is 0 Å². The standard InChI is InChI=1S/C14H20N2O2/c1-14(2,3)18-7-6-16-12-5-4-11(15)8-10(12)9-13(16)17/h4-5,8H,6-7,9,15H2,1-3H3. The van der Waals surface area contributed by atoms with Crippen LogP contribution in [0.2, 0.25) is 0 Å². The Balaban J connectivity index is 2.05. The average molecular weight is 248 g/mol. The Kier molecular flexibility index (Phi) is 3.30. The van der Waals surface area contributed by atoms with Crippen LogP contribution in [0.15, 0.2) is 18.2 Å². The van der Waals surface area contributed by atoms with Gasteiger partial charge in [-0.1, -0.05) is 0 Å². The number of nitrogens with two attached hydrogens (primary N) is 1. The van der Waals surface area contributed by atoms with E-state index in [0.29, 0.717) is 25.3 Å². The number of amides is 1. The van der Waals surface area contributed by atoms with E-state index in [9.17, 15) is 4.79 Å². The fourth-order valence-electron chi connectivity index (χ4n) is 2.09.